The van der Waals surface area contributed by atoms with Gasteiger partial charge in [-0.1, -0.05) is 17.3 Å². The smallest absolute Gasteiger partial charge is 0.257 e. The van der Waals surface area contributed by atoms with Crippen LogP contribution in [0.5, 0.6) is 0 Å². The van der Waals surface area contributed by atoms with Gasteiger partial charge in [0.25, 0.3) is 5.91 Å². The van der Waals surface area contributed by atoms with Gasteiger partial charge in [0.15, 0.2) is 6.04 Å². The van der Waals surface area contributed by atoms with Crippen LogP contribution in [0, 0.1) is 18.8 Å². The first-order chi connectivity index (χ1) is 6.65. The lowest BCUT2D eigenvalue weighted by Crippen LogP contribution is -2.09. The topological polar surface area (TPSA) is 58.5 Å². The first kappa shape index (κ1) is 8.87. The molecule has 0 saturated carbocycles. The van der Waals surface area contributed by atoms with E-state index in [4.69, 9.17) is 0 Å². The van der Waals surface area contributed by atoms with Gasteiger partial charge in [-0.15, -0.1) is 4.91 Å². The van der Waals surface area contributed by atoms with Gasteiger partial charge in [0, 0.05) is 5.56 Å². The predicted octanol–water partition coefficient (Wildman–Crippen LogP) is 2.06. The molecule has 4 nitrogen and oxygen atoms in total. The molecule has 1 aliphatic rings. The van der Waals surface area contributed by atoms with Gasteiger partial charge in [0.2, 0.25) is 0 Å². The van der Waals surface area contributed by atoms with Crippen LogP contribution in [0.3, 0.4) is 0 Å². The summed E-state index contributed by atoms with van der Waals surface area (Å²) in [5, 5.41) is 5.49. The van der Waals surface area contributed by atoms with Crippen molar-refractivity contribution >= 4 is 11.6 Å². The van der Waals surface area contributed by atoms with Gasteiger partial charge in [-0.3, -0.25) is 4.79 Å². The summed E-state index contributed by atoms with van der Waals surface area (Å²) in [6.45, 7) is 3.88. The predicted molar refractivity (Wildman–Crippen MR) is 53.1 cm³/mol. The van der Waals surface area contributed by atoms with E-state index in [1.54, 1.807) is 6.07 Å². The van der Waals surface area contributed by atoms with E-state index in [-0.39, 0.29) is 5.91 Å². The molecule has 14 heavy (non-hydrogen) atoms. The van der Waals surface area contributed by atoms with Crippen molar-refractivity contribution in [1.29, 1.82) is 0 Å². The van der Waals surface area contributed by atoms with Crippen LogP contribution >= 0.6 is 0 Å². The maximum absolute atomic E-state index is 11.3. The van der Waals surface area contributed by atoms with Crippen molar-refractivity contribution in [2.45, 2.75) is 19.9 Å². The highest BCUT2D eigenvalue weighted by Gasteiger charge is 2.32. The molecule has 1 aromatic carbocycles. The number of anilines is 1. The SMILES string of the molecule is Cc1ccc2c(c1C)NC(=O)C2N=O. The van der Waals surface area contributed by atoms with Crippen molar-refractivity contribution in [2.75, 3.05) is 5.32 Å². The minimum atomic E-state index is -0.871. The molecule has 1 N–H and O–H groups in total. The third-order valence-corrected chi connectivity index (χ3v) is 2.66. The minimum Gasteiger partial charge on any atom is -0.323 e. The van der Waals surface area contributed by atoms with Crippen LogP contribution in [0.25, 0.3) is 0 Å². The van der Waals surface area contributed by atoms with Crippen LogP contribution in [0.1, 0.15) is 22.7 Å². The Morgan fingerprint density at radius 3 is 2.71 bits per heavy atom. The van der Waals surface area contributed by atoms with E-state index in [1.807, 2.05) is 19.9 Å². The van der Waals surface area contributed by atoms with E-state index in [1.165, 1.54) is 0 Å². The summed E-state index contributed by atoms with van der Waals surface area (Å²) in [7, 11) is 0. The second-order valence-corrected chi connectivity index (χ2v) is 3.47. The highest BCUT2D eigenvalue weighted by atomic mass is 16.3. The number of amides is 1. The molecule has 1 atom stereocenters. The number of nitrogens with zero attached hydrogens (tertiary/aromatic N) is 1. The standard InChI is InChI=1S/C10H10N2O2/c1-5-3-4-7-8(6(5)2)11-10(13)9(7)12-14/h3-4,9H,1-2H3,(H,11,13). The van der Waals surface area contributed by atoms with Gasteiger partial charge < -0.3 is 5.32 Å². The summed E-state index contributed by atoms with van der Waals surface area (Å²) in [5.74, 6) is -0.330. The Labute approximate surface area is 81.3 Å². The van der Waals surface area contributed by atoms with Crippen molar-refractivity contribution in [3.63, 3.8) is 0 Å². The molecule has 0 radical (unpaired) electrons. The average molecular weight is 190 g/mol. The first-order valence-corrected chi connectivity index (χ1v) is 4.38. The van der Waals surface area contributed by atoms with E-state index >= 15 is 0 Å². The van der Waals surface area contributed by atoms with Crippen LogP contribution < -0.4 is 5.32 Å². The van der Waals surface area contributed by atoms with Gasteiger partial charge in [-0.2, -0.15) is 0 Å². The molecule has 0 saturated heterocycles. The number of hydrogen-bond donors (Lipinski definition) is 1. The van der Waals surface area contributed by atoms with Crippen molar-refractivity contribution in [3.05, 3.63) is 33.7 Å². The average Bonchev–Trinajstić information content (AvgIpc) is 2.49. The molecule has 0 spiro atoms. The summed E-state index contributed by atoms with van der Waals surface area (Å²) in [4.78, 5) is 21.8. The number of benzene rings is 1. The molecule has 2 rings (SSSR count). The Morgan fingerprint density at radius 2 is 2.07 bits per heavy atom. The van der Waals surface area contributed by atoms with Crippen LogP contribution in [0.2, 0.25) is 0 Å². The molecule has 72 valence electrons. The van der Waals surface area contributed by atoms with Crippen LogP contribution in [-0.4, -0.2) is 5.91 Å². The zero-order valence-electron chi connectivity index (χ0n) is 8.00. The number of carbonyl (C=O) groups is 1. The van der Waals surface area contributed by atoms with Gasteiger partial charge in [0.1, 0.15) is 0 Å². The summed E-state index contributed by atoms with van der Waals surface area (Å²) in [6, 6.07) is 2.80. The van der Waals surface area contributed by atoms with E-state index < -0.39 is 6.04 Å². The molecule has 1 unspecified atom stereocenters. The Morgan fingerprint density at radius 1 is 1.36 bits per heavy atom. The molecule has 0 aromatic heterocycles. The summed E-state index contributed by atoms with van der Waals surface area (Å²) < 4.78 is 0. The maximum Gasteiger partial charge on any atom is 0.257 e. The third-order valence-electron chi connectivity index (χ3n) is 2.66. The molecular weight excluding hydrogens is 180 g/mol. The van der Waals surface area contributed by atoms with Crippen LogP contribution in [0.4, 0.5) is 5.69 Å². The zero-order valence-corrected chi connectivity index (χ0v) is 8.00. The lowest BCUT2D eigenvalue weighted by molar-refractivity contribution is -0.116. The van der Waals surface area contributed by atoms with Gasteiger partial charge in [0.05, 0.1) is 5.69 Å². The van der Waals surface area contributed by atoms with Crippen LogP contribution in [-0.2, 0) is 4.79 Å². The monoisotopic (exact) mass is 190 g/mol. The zero-order chi connectivity index (χ0) is 10.3. The molecular formula is C10H10N2O2. The second kappa shape index (κ2) is 2.90. The van der Waals surface area contributed by atoms with Crippen molar-refractivity contribution in [3.8, 4) is 0 Å². The Kier molecular flexibility index (Phi) is 1.84. The van der Waals surface area contributed by atoms with Crippen molar-refractivity contribution in [1.82, 2.24) is 0 Å². The van der Waals surface area contributed by atoms with E-state index in [2.05, 4.69) is 10.5 Å². The molecule has 0 aliphatic carbocycles. The number of fused-ring (bicyclic) bond motifs is 1. The Balaban J connectivity index is 2.63. The van der Waals surface area contributed by atoms with E-state index in [0.29, 0.717) is 5.56 Å². The van der Waals surface area contributed by atoms with Crippen LogP contribution in [0.15, 0.2) is 17.3 Å². The molecule has 0 bridgehead atoms. The Hall–Kier alpha value is -1.71. The largest absolute Gasteiger partial charge is 0.323 e. The van der Waals surface area contributed by atoms with Crippen molar-refractivity contribution < 1.29 is 4.79 Å². The normalized spacial score (nSPS) is 19.0. The highest BCUT2D eigenvalue weighted by molar-refractivity contribution is 6.03. The number of nitrogens with one attached hydrogen (secondary N) is 1. The lowest BCUT2D eigenvalue weighted by atomic mass is 10.0. The second-order valence-electron chi connectivity index (χ2n) is 3.47. The fourth-order valence-electron chi connectivity index (χ4n) is 1.67. The van der Waals surface area contributed by atoms with Crippen molar-refractivity contribution in [2.24, 2.45) is 5.18 Å². The molecule has 1 aromatic rings. The maximum atomic E-state index is 11.3. The van der Waals surface area contributed by atoms with E-state index in [9.17, 15) is 9.70 Å². The summed E-state index contributed by atoms with van der Waals surface area (Å²) >= 11 is 0. The number of aryl methyl sites for hydroxylation is 1. The Bertz CT molecular complexity index is 426. The fourth-order valence-corrected chi connectivity index (χ4v) is 1.67. The number of nitroso groups, excluding NO2 is 1. The summed E-state index contributed by atoms with van der Waals surface area (Å²) in [5.41, 5.74) is 3.53. The van der Waals surface area contributed by atoms with Gasteiger partial charge in [-0.25, -0.2) is 0 Å². The minimum absolute atomic E-state index is 0.330. The molecule has 1 heterocycles. The number of hydrogen-bond acceptors (Lipinski definition) is 3. The quantitative estimate of drug-likeness (QED) is 0.689. The number of carbonyl (C=O) groups excluding carboxylic acids is 1. The molecule has 0 fully saturated rings. The summed E-state index contributed by atoms with van der Waals surface area (Å²) in [6.07, 6.45) is 0. The third kappa shape index (κ3) is 1.04. The van der Waals surface area contributed by atoms with E-state index in [0.717, 1.165) is 16.8 Å². The molecule has 1 aliphatic heterocycles. The lowest BCUT2D eigenvalue weighted by Gasteiger charge is -2.06. The van der Waals surface area contributed by atoms with Gasteiger partial charge >= 0.3 is 0 Å². The number of rotatable bonds is 1. The van der Waals surface area contributed by atoms with Gasteiger partial charge in [-0.05, 0) is 25.0 Å². The molecule has 4 heteroatoms. The molecule has 1 amide bonds. The fraction of sp³-hybridized carbons (Fsp3) is 0.300. The highest BCUT2D eigenvalue weighted by Crippen LogP contribution is 2.36. The first-order valence-electron chi connectivity index (χ1n) is 4.38.